The van der Waals surface area contributed by atoms with Crippen LogP contribution < -0.4 is 10.2 Å². The zero-order valence-electron chi connectivity index (χ0n) is 15.3. The molecule has 2 aromatic carbocycles. The molecule has 1 aromatic heterocycles. The molecule has 138 valence electrons. The van der Waals surface area contributed by atoms with E-state index in [1.165, 1.54) is 6.08 Å². The molecule has 6 heteroatoms. The van der Waals surface area contributed by atoms with Crippen LogP contribution in [0.15, 0.2) is 54.6 Å². The van der Waals surface area contributed by atoms with E-state index in [2.05, 4.69) is 21.3 Å². The number of fused-ring (bicyclic) bond motifs is 1. The fourth-order valence-corrected chi connectivity index (χ4v) is 3.29. The number of anilines is 2. The molecular weight excluding hydrogens is 350 g/mol. The van der Waals surface area contributed by atoms with E-state index >= 15 is 0 Å². The van der Waals surface area contributed by atoms with Crippen LogP contribution >= 0.6 is 0 Å². The normalized spacial score (nSPS) is 13.8. The Labute approximate surface area is 163 Å². The Morgan fingerprint density at radius 2 is 1.71 bits per heavy atom. The van der Waals surface area contributed by atoms with E-state index in [-0.39, 0.29) is 5.91 Å². The van der Waals surface area contributed by atoms with Crippen molar-refractivity contribution in [1.29, 1.82) is 5.26 Å². The molecule has 1 aliphatic rings. The molecule has 0 spiro atoms. The zero-order chi connectivity index (χ0) is 19.3. The fourth-order valence-electron chi connectivity index (χ4n) is 3.29. The van der Waals surface area contributed by atoms with Gasteiger partial charge in [0.05, 0.1) is 22.7 Å². The molecule has 0 saturated carbocycles. The van der Waals surface area contributed by atoms with E-state index in [0.717, 1.165) is 37.0 Å². The van der Waals surface area contributed by atoms with Gasteiger partial charge >= 0.3 is 0 Å². The van der Waals surface area contributed by atoms with Gasteiger partial charge in [0.25, 0.3) is 0 Å². The van der Waals surface area contributed by atoms with Crippen LogP contribution in [0, 0.1) is 11.3 Å². The first kappa shape index (κ1) is 17.7. The Hall–Kier alpha value is -3.72. The maximum atomic E-state index is 12.5. The predicted octanol–water partition coefficient (Wildman–Crippen LogP) is 3.75. The number of nitriles is 1. The van der Waals surface area contributed by atoms with Gasteiger partial charge < -0.3 is 10.2 Å². The molecule has 1 amide bonds. The van der Waals surface area contributed by atoms with Crippen LogP contribution in [0.1, 0.15) is 24.0 Å². The van der Waals surface area contributed by atoms with Crippen molar-refractivity contribution < 1.29 is 4.79 Å². The molecule has 4 rings (SSSR count). The van der Waals surface area contributed by atoms with Crippen molar-refractivity contribution in [2.24, 2.45) is 0 Å². The third kappa shape index (κ3) is 3.69. The summed E-state index contributed by atoms with van der Waals surface area (Å²) in [6.07, 6.45) is 5.26. The molecule has 0 unspecified atom stereocenters. The van der Waals surface area contributed by atoms with Gasteiger partial charge in [0.15, 0.2) is 11.6 Å². The number of hydrogen-bond acceptors (Lipinski definition) is 5. The standard InChI is InChI=1S/C22H19N5O/c23-15-17-8-2-1-7-16(17)11-12-20(28)26-21-22(27-13-5-6-14-27)25-19-10-4-3-9-18(19)24-21/h1-4,7-12H,5-6,13-14H2,(H,24,26,28)/b12-11+. The van der Waals surface area contributed by atoms with Crippen LogP contribution in [-0.2, 0) is 4.79 Å². The van der Waals surface area contributed by atoms with Crippen molar-refractivity contribution in [1.82, 2.24) is 9.97 Å². The number of carbonyl (C=O) groups is 1. The van der Waals surface area contributed by atoms with Gasteiger partial charge in [-0.25, -0.2) is 9.97 Å². The minimum absolute atomic E-state index is 0.308. The summed E-state index contributed by atoms with van der Waals surface area (Å²) in [7, 11) is 0. The second-order valence-electron chi connectivity index (χ2n) is 6.60. The number of carbonyl (C=O) groups excluding carboxylic acids is 1. The van der Waals surface area contributed by atoms with Crippen molar-refractivity contribution in [3.05, 3.63) is 65.7 Å². The van der Waals surface area contributed by atoms with Gasteiger partial charge in [0.1, 0.15) is 0 Å². The van der Waals surface area contributed by atoms with Crippen LogP contribution in [0.25, 0.3) is 17.1 Å². The van der Waals surface area contributed by atoms with Gasteiger partial charge in [0.2, 0.25) is 5.91 Å². The smallest absolute Gasteiger partial charge is 0.249 e. The topological polar surface area (TPSA) is 81.9 Å². The lowest BCUT2D eigenvalue weighted by molar-refractivity contribution is -0.111. The molecule has 6 nitrogen and oxygen atoms in total. The van der Waals surface area contributed by atoms with Crippen molar-refractivity contribution in [2.75, 3.05) is 23.3 Å². The van der Waals surface area contributed by atoms with Crippen molar-refractivity contribution >= 4 is 34.7 Å². The van der Waals surface area contributed by atoms with Gasteiger partial charge in [-0.05, 0) is 42.7 Å². The summed E-state index contributed by atoms with van der Waals surface area (Å²) in [5.74, 6) is 0.858. The van der Waals surface area contributed by atoms with Crippen LogP contribution in [0.3, 0.4) is 0 Å². The maximum absolute atomic E-state index is 12.5. The Balaban J connectivity index is 1.62. The molecule has 0 radical (unpaired) electrons. The lowest BCUT2D eigenvalue weighted by atomic mass is 10.1. The zero-order valence-corrected chi connectivity index (χ0v) is 15.3. The quantitative estimate of drug-likeness (QED) is 0.708. The lowest BCUT2D eigenvalue weighted by Gasteiger charge is -2.19. The number of para-hydroxylation sites is 2. The van der Waals surface area contributed by atoms with E-state index in [0.29, 0.717) is 22.8 Å². The molecule has 2 heterocycles. The number of rotatable bonds is 4. The molecule has 1 saturated heterocycles. The molecular formula is C22H19N5O. The molecule has 0 bridgehead atoms. The number of benzene rings is 2. The van der Waals surface area contributed by atoms with Crippen LogP contribution in [0.5, 0.6) is 0 Å². The maximum Gasteiger partial charge on any atom is 0.249 e. The van der Waals surface area contributed by atoms with E-state index in [1.54, 1.807) is 24.3 Å². The lowest BCUT2D eigenvalue weighted by Crippen LogP contribution is -2.22. The van der Waals surface area contributed by atoms with Gasteiger partial charge in [-0.1, -0.05) is 30.3 Å². The summed E-state index contributed by atoms with van der Waals surface area (Å²) in [6.45, 7) is 1.81. The first-order chi connectivity index (χ1) is 13.7. The number of aromatic nitrogens is 2. The molecule has 1 N–H and O–H groups in total. The number of nitrogens with one attached hydrogen (secondary N) is 1. The Morgan fingerprint density at radius 3 is 2.46 bits per heavy atom. The summed E-state index contributed by atoms with van der Waals surface area (Å²) in [5, 5.41) is 12.0. The Morgan fingerprint density at radius 1 is 1.04 bits per heavy atom. The highest BCUT2D eigenvalue weighted by atomic mass is 16.1. The van der Waals surface area contributed by atoms with Crippen molar-refractivity contribution in [3.8, 4) is 6.07 Å². The van der Waals surface area contributed by atoms with E-state index in [1.807, 2.05) is 30.3 Å². The number of hydrogen-bond donors (Lipinski definition) is 1. The highest BCUT2D eigenvalue weighted by molar-refractivity contribution is 6.03. The van der Waals surface area contributed by atoms with Crippen molar-refractivity contribution in [3.63, 3.8) is 0 Å². The second kappa shape index (κ2) is 7.89. The average Bonchev–Trinajstić information content (AvgIpc) is 3.26. The van der Waals surface area contributed by atoms with Gasteiger partial charge in [-0.15, -0.1) is 0 Å². The summed E-state index contributed by atoms with van der Waals surface area (Å²) >= 11 is 0. The van der Waals surface area contributed by atoms with E-state index < -0.39 is 0 Å². The second-order valence-corrected chi connectivity index (χ2v) is 6.60. The van der Waals surface area contributed by atoms with Crippen LogP contribution in [0.4, 0.5) is 11.6 Å². The van der Waals surface area contributed by atoms with Gasteiger partial charge in [0, 0.05) is 19.2 Å². The third-order valence-electron chi connectivity index (χ3n) is 4.69. The Kier molecular flexibility index (Phi) is 4.98. The molecule has 1 aliphatic heterocycles. The first-order valence-electron chi connectivity index (χ1n) is 9.24. The SMILES string of the molecule is N#Cc1ccccc1/C=C/C(=O)Nc1nc2ccccc2nc1N1CCCC1. The monoisotopic (exact) mass is 369 g/mol. The molecule has 0 aliphatic carbocycles. The van der Waals surface area contributed by atoms with Crippen LogP contribution in [-0.4, -0.2) is 29.0 Å². The molecule has 28 heavy (non-hydrogen) atoms. The van der Waals surface area contributed by atoms with E-state index in [4.69, 9.17) is 10.2 Å². The molecule has 1 fully saturated rings. The number of nitrogens with zero attached hydrogens (tertiary/aromatic N) is 4. The average molecular weight is 369 g/mol. The third-order valence-corrected chi connectivity index (χ3v) is 4.69. The fraction of sp³-hybridized carbons (Fsp3) is 0.182. The highest BCUT2D eigenvalue weighted by Gasteiger charge is 2.20. The predicted molar refractivity (Wildman–Crippen MR) is 110 cm³/mol. The molecule has 3 aromatic rings. The van der Waals surface area contributed by atoms with E-state index in [9.17, 15) is 4.79 Å². The minimum atomic E-state index is -0.308. The van der Waals surface area contributed by atoms with Crippen molar-refractivity contribution in [2.45, 2.75) is 12.8 Å². The summed E-state index contributed by atoms with van der Waals surface area (Å²) in [6, 6.07) is 16.9. The first-order valence-corrected chi connectivity index (χ1v) is 9.24. The summed E-state index contributed by atoms with van der Waals surface area (Å²) in [4.78, 5) is 24.0. The van der Waals surface area contributed by atoms with Gasteiger partial charge in [-0.3, -0.25) is 4.79 Å². The summed E-state index contributed by atoms with van der Waals surface area (Å²) in [5.41, 5.74) is 2.76. The highest BCUT2D eigenvalue weighted by Crippen LogP contribution is 2.27. The van der Waals surface area contributed by atoms with Gasteiger partial charge in [-0.2, -0.15) is 5.26 Å². The summed E-state index contributed by atoms with van der Waals surface area (Å²) < 4.78 is 0. The Bertz CT molecular complexity index is 1090. The largest absolute Gasteiger partial charge is 0.354 e. The number of amides is 1. The van der Waals surface area contributed by atoms with Crippen LogP contribution in [0.2, 0.25) is 0 Å². The minimum Gasteiger partial charge on any atom is -0.354 e. The molecule has 0 atom stereocenters.